The predicted molar refractivity (Wildman–Crippen MR) is 69.0 cm³/mol. The van der Waals surface area contributed by atoms with Gasteiger partial charge in [-0.2, -0.15) is 0 Å². The van der Waals surface area contributed by atoms with E-state index >= 15 is 0 Å². The van der Waals surface area contributed by atoms with Crippen LogP contribution < -0.4 is 4.90 Å². The van der Waals surface area contributed by atoms with Crippen molar-refractivity contribution in [3.63, 3.8) is 0 Å². The molecule has 0 bridgehead atoms. The summed E-state index contributed by atoms with van der Waals surface area (Å²) in [5, 5.41) is 9.08. The van der Waals surface area contributed by atoms with Crippen molar-refractivity contribution < 1.29 is 19.5 Å². The topological polar surface area (TPSA) is 74.7 Å². The lowest BCUT2D eigenvalue weighted by molar-refractivity contribution is -0.122. The van der Waals surface area contributed by atoms with E-state index in [2.05, 4.69) is 0 Å². The van der Waals surface area contributed by atoms with Crippen molar-refractivity contribution in [2.75, 3.05) is 4.90 Å². The molecule has 19 heavy (non-hydrogen) atoms. The lowest BCUT2D eigenvalue weighted by atomic mass is 10.00. The van der Waals surface area contributed by atoms with E-state index in [1.807, 2.05) is 0 Å². The maximum absolute atomic E-state index is 12.1. The predicted octanol–water partition coefficient (Wildman–Crippen LogP) is 1.84. The quantitative estimate of drug-likeness (QED) is 0.824. The molecular weight excluding hydrogens is 246 g/mol. The van der Waals surface area contributed by atoms with Gasteiger partial charge in [0, 0.05) is 11.8 Å². The number of carboxylic acid groups (broad SMARTS) is 1. The summed E-state index contributed by atoms with van der Waals surface area (Å²) < 4.78 is 0. The van der Waals surface area contributed by atoms with Crippen molar-refractivity contribution in [2.45, 2.75) is 20.8 Å². The monoisotopic (exact) mass is 261 g/mol. The molecule has 1 aromatic carbocycles. The van der Waals surface area contributed by atoms with Crippen molar-refractivity contribution in [1.82, 2.24) is 0 Å². The first kappa shape index (κ1) is 13.3. The van der Waals surface area contributed by atoms with E-state index < -0.39 is 5.97 Å². The van der Waals surface area contributed by atoms with Gasteiger partial charge in [0.25, 0.3) is 0 Å². The summed E-state index contributed by atoms with van der Waals surface area (Å²) in [5.74, 6) is -2.37. The van der Waals surface area contributed by atoms with Gasteiger partial charge in [-0.25, -0.2) is 9.69 Å². The van der Waals surface area contributed by atoms with Crippen LogP contribution in [0.2, 0.25) is 0 Å². The SMILES string of the molecule is Cc1c(C(=O)O)cccc1N1C(=O)C(C)C(C)C1=O. The number of rotatable bonds is 2. The van der Waals surface area contributed by atoms with Gasteiger partial charge in [0.05, 0.1) is 11.3 Å². The van der Waals surface area contributed by atoms with Gasteiger partial charge in [-0.05, 0) is 24.6 Å². The summed E-state index contributed by atoms with van der Waals surface area (Å²) in [5.41, 5.74) is 0.898. The van der Waals surface area contributed by atoms with Crippen molar-refractivity contribution in [1.29, 1.82) is 0 Å². The summed E-state index contributed by atoms with van der Waals surface area (Å²) in [6.07, 6.45) is 0. The Morgan fingerprint density at radius 2 is 1.68 bits per heavy atom. The average Bonchev–Trinajstić information content (AvgIpc) is 2.55. The molecule has 1 N–H and O–H groups in total. The second-order valence-electron chi connectivity index (χ2n) is 4.84. The highest BCUT2D eigenvalue weighted by Crippen LogP contribution is 2.33. The van der Waals surface area contributed by atoms with E-state index in [0.717, 1.165) is 4.90 Å². The summed E-state index contributed by atoms with van der Waals surface area (Å²) in [7, 11) is 0. The fourth-order valence-corrected chi connectivity index (χ4v) is 2.28. The molecule has 1 aliphatic rings. The Labute approximate surface area is 110 Å². The molecule has 0 aliphatic carbocycles. The lowest BCUT2D eigenvalue weighted by Crippen LogP contribution is -2.31. The molecule has 0 radical (unpaired) electrons. The van der Waals surface area contributed by atoms with E-state index in [4.69, 9.17) is 5.11 Å². The number of amides is 2. The Morgan fingerprint density at radius 1 is 1.16 bits per heavy atom. The fourth-order valence-electron chi connectivity index (χ4n) is 2.28. The standard InChI is InChI=1S/C14H15NO4/c1-7-8(2)13(17)15(12(7)16)11-6-4-5-10(9(11)3)14(18)19/h4-8H,1-3H3,(H,18,19). The Bertz CT molecular complexity index is 559. The van der Waals surface area contributed by atoms with E-state index in [9.17, 15) is 14.4 Å². The highest BCUT2D eigenvalue weighted by Gasteiger charge is 2.43. The molecule has 1 aromatic rings. The summed E-state index contributed by atoms with van der Waals surface area (Å²) >= 11 is 0. The van der Waals surface area contributed by atoms with Crippen molar-refractivity contribution in [2.24, 2.45) is 11.8 Å². The zero-order valence-electron chi connectivity index (χ0n) is 11.0. The minimum Gasteiger partial charge on any atom is -0.478 e. The molecule has 0 saturated carbocycles. The molecule has 0 aromatic heterocycles. The number of hydrogen-bond donors (Lipinski definition) is 1. The van der Waals surface area contributed by atoms with E-state index in [0.29, 0.717) is 11.3 Å². The Kier molecular flexibility index (Phi) is 3.14. The number of benzene rings is 1. The van der Waals surface area contributed by atoms with Crippen molar-refractivity contribution in [3.8, 4) is 0 Å². The van der Waals surface area contributed by atoms with E-state index in [1.54, 1.807) is 32.9 Å². The Morgan fingerprint density at radius 3 is 2.16 bits per heavy atom. The van der Waals surface area contributed by atoms with Crippen LogP contribution >= 0.6 is 0 Å². The van der Waals surface area contributed by atoms with Crippen LogP contribution in [0.4, 0.5) is 5.69 Å². The minimum absolute atomic E-state index is 0.102. The molecule has 1 aliphatic heterocycles. The van der Waals surface area contributed by atoms with Gasteiger partial charge in [-0.3, -0.25) is 9.59 Å². The van der Waals surface area contributed by atoms with Gasteiger partial charge < -0.3 is 5.11 Å². The van der Waals surface area contributed by atoms with Crippen LogP contribution in [0.1, 0.15) is 29.8 Å². The Hall–Kier alpha value is -2.17. The first-order valence-corrected chi connectivity index (χ1v) is 6.07. The minimum atomic E-state index is -1.07. The highest BCUT2D eigenvalue weighted by atomic mass is 16.4. The smallest absolute Gasteiger partial charge is 0.336 e. The zero-order chi connectivity index (χ0) is 14.3. The van der Waals surface area contributed by atoms with Crippen LogP contribution in [0, 0.1) is 18.8 Å². The van der Waals surface area contributed by atoms with E-state index in [-0.39, 0.29) is 29.2 Å². The molecule has 5 nitrogen and oxygen atoms in total. The third-order valence-electron chi connectivity index (χ3n) is 3.75. The molecule has 1 saturated heterocycles. The number of hydrogen-bond acceptors (Lipinski definition) is 3. The molecular formula is C14H15NO4. The number of carboxylic acids is 1. The maximum atomic E-state index is 12.1. The summed E-state index contributed by atoms with van der Waals surface area (Å²) in [6, 6.07) is 4.60. The Balaban J connectivity index is 2.54. The van der Waals surface area contributed by atoms with Gasteiger partial charge in [-0.15, -0.1) is 0 Å². The molecule has 2 atom stereocenters. The lowest BCUT2D eigenvalue weighted by Gasteiger charge is -2.18. The van der Waals surface area contributed by atoms with Crippen LogP contribution in [-0.4, -0.2) is 22.9 Å². The number of anilines is 1. The third-order valence-corrected chi connectivity index (χ3v) is 3.75. The molecule has 2 amide bonds. The molecule has 2 rings (SSSR count). The molecule has 100 valence electrons. The molecule has 1 fully saturated rings. The number of carbonyl (C=O) groups is 3. The van der Waals surface area contributed by atoms with Crippen molar-refractivity contribution >= 4 is 23.5 Å². The van der Waals surface area contributed by atoms with Crippen LogP contribution in [0.25, 0.3) is 0 Å². The van der Waals surface area contributed by atoms with Crippen LogP contribution in [-0.2, 0) is 9.59 Å². The first-order valence-electron chi connectivity index (χ1n) is 6.07. The third kappa shape index (κ3) is 1.91. The number of imide groups is 1. The van der Waals surface area contributed by atoms with E-state index in [1.165, 1.54) is 6.07 Å². The second kappa shape index (κ2) is 4.50. The zero-order valence-corrected chi connectivity index (χ0v) is 11.0. The second-order valence-corrected chi connectivity index (χ2v) is 4.84. The largest absolute Gasteiger partial charge is 0.478 e. The molecule has 0 spiro atoms. The van der Waals surface area contributed by atoms with Gasteiger partial charge in [0.15, 0.2) is 0 Å². The fraction of sp³-hybridized carbons (Fsp3) is 0.357. The maximum Gasteiger partial charge on any atom is 0.336 e. The van der Waals surface area contributed by atoms with Crippen LogP contribution in [0.15, 0.2) is 18.2 Å². The summed E-state index contributed by atoms with van der Waals surface area (Å²) in [4.78, 5) is 36.4. The van der Waals surface area contributed by atoms with Crippen LogP contribution in [0.5, 0.6) is 0 Å². The average molecular weight is 261 g/mol. The van der Waals surface area contributed by atoms with Gasteiger partial charge in [-0.1, -0.05) is 19.9 Å². The number of carbonyl (C=O) groups excluding carboxylic acids is 2. The van der Waals surface area contributed by atoms with Gasteiger partial charge in [0.1, 0.15) is 0 Å². The normalized spacial score (nSPS) is 23.0. The first-order chi connectivity index (χ1) is 8.86. The van der Waals surface area contributed by atoms with Gasteiger partial charge in [0.2, 0.25) is 11.8 Å². The molecule has 2 unspecified atom stereocenters. The number of nitrogens with zero attached hydrogens (tertiary/aromatic N) is 1. The van der Waals surface area contributed by atoms with Crippen LogP contribution in [0.3, 0.4) is 0 Å². The molecule has 1 heterocycles. The van der Waals surface area contributed by atoms with Crippen molar-refractivity contribution in [3.05, 3.63) is 29.3 Å². The molecule has 5 heteroatoms. The summed E-state index contributed by atoms with van der Waals surface area (Å²) in [6.45, 7) is 5.02. The van der Waals surface area contributed by atoms with Gasteiger partial charge >= 0.3 is 5.97 Å². The highest BCUT2D eigenvalue weighted by molar-refractivity contribution is 6.22. The number of aromatic carboxylic acids is 1.